The van der Waals surface area contributed by atoms with Gasteiger partial charge in [-0.3, -0.25) is 4.79 Å². The molecule has 0 spiro atoms. The highest BCUT2D eigenvalue weighted by atomic mass is 35.5. The quantitative estimate of drug-likeness (QED) is 0.884. The highest BCUT2D eigenvalue weighted by Crippen LogP contribution is 2.25. The highest BCUT2D eigenvalue weighted by Gasteiger charge is 2.10. The topological polar surface area (TPSA) is 41.1 Å². The molecule has 3 rings (SSSR count). The van der Waals surface area contributed by atoms with E-state index in [0.717, 1.165) is 24.3 Å². The number of carbonyl (C=O) groups is 1. The van der Waals surface area contributed by atoms with Gasteiger partial charge in [-0.15, -0.1) is 12.4 Å². The van der Waals surface area contributed by atoms with E-state index < -0.39 is 0 Å². The zero-order chi connectivity index (χ0) is 13.1. The number of rotatable bonds is 2. The Morgan fingerprint density at radius 1 is 1.10 bits per heavy atom. The molecule has 0 fully saturated rings. The molecule has 0 unspecified atom stereocenters. The molecule has 0 saturated carbocycles. The molecule has 2 N–H and O–H groups in total. The Labute approximate surface area is 124 Å². The minimum Gasteiger partial charge on any atom is -0.385 e. The molecule has 1 aliphatic heterocycles. The van der Waals surface area contributed by atoms with Crippen molar-refractivity contribution in [1.82, 2.24) is 0 Å². The summed E-state index contributed by atoms with van der Waals surface area (Å²) < 4.78 is 0. The summed E-state index contributed by atoms with van der Waals surface area (Å²) in [6.07, 6.45) is 2.28. The van der Waals surface area contributed by atoms with Crippen LogP contribution in [0.15, 0.2) is 48.5 Å². The van der Waals surface area contributed by atoms with Crippen molar-refractivity contribution >= 4 is 29.7 Å². The third kappa shape index (κ3) is 3.11. The lowest BCUT2D eigenvalue weighted by atomic mass is 10.0. The molecule has 2 aromatic carbocycles. The molecule has 4 heteroatoms. The van der Waals surface area contributed by atoms with Gasteiger partial charge in [0.25, 0.3) is 5.91 Å². The van der Waals surface area contributed by atoms with Crippen LogP contribution in [-0.2, 0) is 6.42 Å². The molecule has 0 radical (unpaired) electrons. The average molecular weight is 289 g/mol. The number of hydrogen-bond acceptors (Lipinski definition) is 2. The summed E-state index contributed by atoms with van der Waals surface area (Å²) in [5, 5.41) is 6.29. The van der Waals surface area contributed by atoms with Gasteiger partial charge >= 0.3 is 0 Å². The van der Waals surface area contributed by atoms with Gasteiger partial charge in [0, 0.05) is 23.5 Å². The Morgan fingerprint density at radius 3 is 2.70 bits per heavy atom. The Kier molecular flexibility index (Phi) is 4.64. The van der Waals surface area contributed by atoms with E-state index in [1.165, 1.54) is 12.0 Å². The van der Waals surface area contributed by atoms with Crippen LogP contribution in [0.5, 0.6) is 0 Å². The first-order valence-corrected chi connectivity index (χ1v) is 6.56. The van der Waals surface area contributed by atoms with Crippen LogP contribution in [0.2, 0.25) is 0 Å². The van der Waals surface area contributed by atoms with Gasteiger partial charge in [0.2, 0.25) is 0 Å². The molecule has 0 atom stereocenters. The van der Waals surface area contributed by atoms with Crippen molar-refractivity contribution in [2.75, 3.05) is 17.2 Å². The van der Waals surface area contributed by atoms with Crippen molar-refractivity contribution in [2.24, 2.45) is 0 Å². The van der Waals surface area contributed by atoms with Crippen LogP contribution >= 0.6 is 12.4 Å². The molecule has 2 aromatic rings. The van der Waals surface area contributed by atoms with Crippen molar-refractivity contribution in [1.29, 1.82) is 0 Å². The standard InChI is InChI=1S/C16H16N2O.ClH/c19-16(13-5-2-1-3-6-13)18-14-9-8-12-7-4-10-17-15(12)11-14;/h1-3,5-6,8-9,11,17H,4,7,10H2,(H,18,19);1H. The second kappa shape index (κ2) is 6.44. The molecule has 0 bridgehead atoms. The van der Waals surface area contributed by atoms with E-state index in [-0.39, 0.29) is 18.3 Å². The largest absolute Gasteiger partial charge is 0.385 e. The van der Waals surface area contributed by atoms with Gasteiger partial charge in [0.15, 0.2) is 0 Å². The van der Waals surface area contributed by atoms with Gasteiger partial charge in [0.05, 0.1) is 0 Å². The lowest BCUT2D eigenvalue weighted by Gasteiger charge is -2.18. The Balaban J connectivity index is 0.00000147. The number of halogens is 1. The number of nitrogens with one attached hydrogen (secondary N) is 2. The first-order valence-electron chi connectivity index (χ1n) is 6.56. The maximum absolute atomic E-state index is 12.1. The second-order valence-electron chi connectivity index (χ2n) is 4.72. The molecular formula is C16H17ClN2O. The number of amides is 1. The van der Waals surface area contributed by atoms with Crippen molar-refractivity contribution in [2.45, 2.75) is 12.8 Å². The fraction of sp³-hybridized carbons (Fsp3) is 0.188. The zero-order valence-electron chi connectivity index (χ0n) is 11.1. The lowest BCUT2D eigenvalue weighted by Crippen LogP contribution is -2.14. The minimum absolute atomic E-state index is 0. The first-order chi connectivity index (χ1) is 9.33. The van der Waals surface area contributed by atoms with E-state index in [1.54, 1.807) is 0 Å². The Morgan fingerprint density at radius 2 is 1.90 bits per heavy atom. The van der Waals surface area contributed by atoms with Gasteiger partial charge in [-0.05, 0) is 42.7 Å². The van der Waals surface area contributed by atoms with Crippen LogP contribution in [0.3, 0.4) is 0 Å². The van der Waals surface area contributed by atoms with Crippen LogP contribution in [0.4, 0.5) is 11.4 Å². The third-order valence-electron chi connectivity index (χ3n) is 3.34. The van der Waals surface area contributed by atoms with Crippen molar-refractivity contribution in [3.8, 4) is 0 Å². The maximum Gasteiger partial charge on any atom is 0.255 e. The van der Waals surface area contributed by atoms with Crippen molar-refractivity contribution in [3.05, 3.63) is 59.7 Å². The summed E-state index contributed by atoms with van der Waals surface area (Å²) in [5.41, 5.74) is 3.97. The van der Waals surface area contributed by atoms with Crippen LogP contribution in [0, 0.1) is 0 Å². The summed E-state index contributed by atoms with van der Waals surface area (Å²) in [7, 11) is 0. The Hall–Kier alpha value is -2.00. The molecule has 3 nitrogen and oxygen atoms in total. The van der Waals surface area contributed by atoms with Gasteiger partial charge in [-0.25, -0.2) is 0 Å². The van der Waals surface area contributed by atoms with Gasteiger partial charge in [0.1, 0.15) is 0 Å². The van der Waals surface area contributed by atoms with E-state index in [2.05, 4.69) is 16.7 Å². The number of benzene rings is 2. The summed E-state index contributed by atoms with van der Waals surface area (Å²) >= 11 is 0. The summed E-state index contributed by atoms with van der Waals surface area (Å²) in [6.45, 7) is 1.00. The molecule has 0 aromatic heterocycles. The van der Waals surface area contributed by atoms with Crippen LogP contribution < -0.4 is 10.6 Å². The summed E-state index contributed by atoms with van der Waals surface area (Å²) in [4.78, 5) is 12.1. The highest BCUT2D eigenvalue weighted by molar-refractivity contribution is 6.04. The molecular weight excluding hydrogens is 272 g/mol. The van der Waals surface area contributed by atoms with Crippen molar-refractivity contribution in [3.63, 3.8) is 0 Å². The van der Waals surface area contributed by atoms with Crippen LogP contribution in [-0.4, -0.2) is 12.5 Å². The van der Waals surface area contributed by atoms with E-state index in [9.17, 15) is 4.79 Å². The number of hydrogen-bond donors (Lipinski definition) is 2. The van der Waals surface area contributed by atoms with Crippen LogP contribution in [0.25, 0.3) is 0 Å². The molecule has 0 aliphatic carbocycles. The summed E-state index contributed by atoms with van der Waals surface area (Å²) in [6, 6.07) is 15.3. The third-order valence-corrected chi connectivity index (χ3v) is 3.34. The fourth-order valence-corrected chi connectivity index (χ4v) is 2.33. The average Bonchev–Trinajstić information content (AvgIpc) is 2.48. The smallest absolute Gasteiger partial charge is 0.255 e. The Bertz CT molecular complexity index is 599. The predicted octanol–water partition coefficient (Wildman–Crippen LogP) is 3.72. The monoisotopic (exact) mass is 288 g/mol. The molecule has 104 valence electrons. The van der Waals surface area contributed by atoms with Gasteiger partial charge in [-0.2, -0.15) is 0 Å². The first kappa shape index (κ1) is 14.4. The predicted molar refractivity (Wildman–Crippen MR) is 84.9 cm³/mol. The van der Waals surface area contributed by atoms with Crippen LogP contribution in [0.1, 0.15) is 22.3 Å². The SMILES string of the molecule is Cl.O=C(Nc1ccc2c(c1)NCCC2)c1ccccc1. The van der Waals surface area contributed by atoms with E-state index >= 15 is 0 Å². The lowest BCUT2D eigenvalue weighted by molar-refractivity contribution is 0.102. The zero-order valence-corrected chi connectivity index (χ0v) is 11.9. The normalized spacial score (nSPS) is 12.6. The molecule has 1 aliphatic rings. The number of aryl methyl sites for hydroxylation is 1. The second-order valence-corrected chi connectivity index (χ2v) is 4.72. The maximum atomic E-state index is 12.1. The number of anilines is 2. The van der Waals surface area contributed by atoms with Gasteiger partial charge < -0.3 is 10.6 Å². The minimum atomic E-state index is -0.0728. The van der Waals surface area contributed by atoms with Gasteiger partial charge in [-0.1, -0.05) is 24.3 Å². The fourth-order valence-electron chi connectivity index (χ4n) is 2.33. The summed E-state index contributed by atoms with van der Waals surface area (Å²) in [5.74, 6) is -0.0728. The van der Waals surface area contributed by atoms with E-state index in [0.29, 0.717) is 5.56 Å². The van der Waals surface area contributed by atoms with Crippen molar-refractivity contribution < 1.29 is 4.79 Å². The molecule has 20 heavy (non-hydrogen) atoms. The number of fused-ring (bicyclic) bond motifs is 1. The molecule has 0 saturated heterocycles. The molecule has 1 heterocycles. The van der Waals surface area contributed by atoms with E-state index in [1.807, 2.05) is 42.5 Å². The van der Waals surface area contributed by atoms with E-state index in [4.69, 9.17) is 0 Å². The number of carbonyl (C=O) groups excluding carboxylic acids is 1. The molecule has 1 amide bonds.